The molecule has 4 nitrogen and oxygen atoms in total. The van der Waals surface area contributed by atoms with Gasteiger partial charge in [0.05, 0.1) is 19.4 Å². The number of ether oxygens (including phenoxy) is 1. The normalized spacial score (nSPS) is 11.2. The molecule has 0 saturated carbocycles. The predicted octanol–water partition coefficient (Wildman–Crippen LogP) is 1.35. The van der Waals surface area contributed by atoms with E-state index in [1.54, 1.807) is 6.07 Å². The third-order valence-corrected chi connectivity index (χ3v) is 1.23. The lowest BCUT2D eigenvalue weighted by Crippen LogP contribution is -1.96. The molecule has 0 spiro atoms. The van der Waals surface area contributed by atoms with Crippen molar-refractivity contribution >= 4 is 11.7 Å². The second-order valence-corrected chi connectivity index (χ2v) is 2.03. The predicted molar refractivity (Wildman–Crippen MR) is 41.3 cm³/mol. The molecule has 0 atom stereocenters. The van der Waals surface area contributed by atoms with Gasteiger partial charge in [0.25, 0.3) is 0 Å². The Kier molecular flexibility index (Phi) is 2.53. The van der Waals surface area contributed by atoms with Crippen molar-refractivity contribution in [1.82, 2.24) is 0 Å². The fourth-order valence-corrected chi connectivity index (χ4v) is 0.666. The van der Waals surface area contributed by atoms with Gasteiger partial charge in [-0.2, -0.15) is 0 Å². The molecule has 0 aliphatic rings. The van der Waals surface area contributed by atoms with Crippen LogP contribution in [0.5, 0.6) is 0 Å². The van der Waals surface area contributed by atoms with Crippen molar-refractivity contribution in [2.75, 3.05) is 7.11 Å². The van der Waals surface area contributed by atoms with Gasteiger partial charge < -0.3 is 14.3 Å². The number of rotatable bonds is 2. The molecular formula is C8H8O4. The van der Waals surface area contributed by atoms with Crippen LogP contribution in [0, 0.1) is 0 Å². The molecule has 4 heteroatoms. The SMILES string of the molecule is COC(=O)C=C(O)c1ccco1. The van der Waals surface area contributed by atoms with E-state index in [0.29, 0.717) is 0 Å². The van der Waals surface area contributed by atoms with E-state index in [2.05, 4.69) is 4.74 Å². The Bertz CT molecular complexity index is 284. The zero-order chi connectivity index (χ0) is 8.97. The van der Waals surface area contributed by atoms with E-state index in [-0.39, 0.29) is 11.5 Å². The molecule has 0 fully saturated rings. The van der Waals surface area contributed by atoms with Crippen molar-refractivity contribution in [2.45, 2.75) is 0 Å². The van der Waals surface area contributed by atoms with Gasteiger partial charge >= 0.3 is 5.97 Å². The molecule has 0 amide bonds. The van der Waals surface area contributed by atoms with Crippen LogP contribution < -0.4 is 0 Å². The molecule has 0 aliphatic carbocycles. The maximum Gasteiger partial charge on any atom is 0.334 e. The topological polar surface area (TPSA) is 59.7 Å². The number of methoxy groups -OCH3 is 1. The average Bonchev–Trinajstić information content (AvgIpc) is 2.56. The Morgan fingerprint density at radius 3 is 3.00 bits per heavy atom. The van der Waals surface area contributed by atoms with Gasteiger partial charge in [0.15, 0.2) is 11.5 Å². The number of aliphatic hydroxyl groups excluding tert-OH is 1. The van der Waals surface area contributed by atoms with E-state index < -0.39 is 5.97 Å². The van der Waals surface area contributed by atoms with Crippen LogP contribution in [0.15, 0.2) is 28.9 Å². The number of esters is 1. The van der Waals surface area contributed by atoms with Crippen LogP contribution in [0.4, 0.5) is 0 Å². The summed E-state index contributed by atoms with van der Waals surface area (Å²) in [5.41, 5.74) is 0. The molecule has 0 bridgehead atoms. The Labute approximate surface area is 69.1 Å². The molecule has 0 aliphatic heterocycles. The van der Waals surface area contributed by atoms with Gasteiger partial charge in [0.1, 0.15) is 0 Å². The van der Waals surface area contributed by atoms with Gasteiger partial charge in [-0.3, -0.25) is 0 Å². The van der Waals surface area contributed by atoms with Crippen molar-refractivity contribution in [3.63, 3.8) is 0 Å². The highest BCUT2D eigenvalue weighted by atomic mass is 16.5. The minimum atomic E-state index is -0.621. The molecule has 1 aromatic heterocycles. The first-order valence-electron chi connectivity index (χ1n) is 3.26. The van der Waals surface area contributed by atoms with Crippen LogP contribution in [0.25, 0.3) is 5.76 Å². The van der Waals surface area contributed by atoms with E-state index >= 15 is 0 Å². The van der Waals surface area contributed by atoms with Crippen molar-refractivity contribution in [2.24, 2.45) is 0 Å². The third kappa shape index (κ3) is 1.88. The summed E-state index contributed by atoms with van der Waals surface area (Å²) in [6.07, 6.45) is 2.34. The van der Waals surface area contributed by atoms with Gasteiger partial charge in [0, 0.05) is 0 Å². The summed E-state index contributed by atoms with van der Waals surface area (Å²) in [7, 11) is 1.23. The summed E-state index contributed by atoms with van der Waals surface area (Å²) in [5.74, 6) is -0.629. The molecule has 0 saturated heterocycles. The molecule has 1 rings (SSSR count). The Morgan fingerprint density at radius 2 is 2.50 bits per heavy atom. The Morgan fingerprint density at radius 1 is 1.75 bits per heavy atom. The Balaban J connectivity index is 2.77. The van der Waals surface area contributed by atoms with Crippen molar-refractivity contribution in [3.8, 4) is 0 Å². The van der Waals surface area contributed by atoms with E-state index in [1.165, 1.54) is 19.4 Å². The second-order valence-electron chi connectivity index (χ2n) is 2.03. The molecule has 1 heterocycles. The summed E-state index contributed by atoms with van der Waals surface area (Å²) in [4.78, 5) is 10.6. The molecule has 1 aromatic rings. The number of hydrogen-bond acceptors (Lipinski definition) is 4. The zero-order valence-corrected chi connectivity index (χ0v) is 6.48. The molecule has 0 radical (unpaired) electrons. The number of carbonyl (C=O) groups excluding carboxylic acids is 1. The average molecular weight is 168 g/mol. The number of carbonyl (C=O) groups is 1. The highest BCUT2D eigenvalue weighted by Gasteiger charge is 2.04. The molecule has 64 valence electrons. The molecular weight excluding hydrogens is 160 g/mol. The van der Waals surface area contributed by atoms with Crippen molar-refractivity contribution < 1.29 is 19.1 Å². The Hall–Kier alpha value is -1.71. The largest absolute Gasteiger partial charge is 0.504 e. The number of aliphatic hydroxyl groups is 1. The van der Waals surface area contributed by atoms with Crippen LogP contribution in [0.1, 0.15) is 5.76 Å². The van der Waals surface area contributed by atoms with Gasteiger partial charge in [-0.25, -0.2) is 4.79 Å². The standard InChI is InChI=1S/C8H8O4/c1-11-8(10)5-6(9)7-3-2-4-12-7/h2-5,9H,1H3. The summed E-state index contributed by atoms with van der Waals surface area (Å²) in [6, 6.07) is 3.14. The van der Waals surface area contributed by atoms with Gasteiger partial charge in [-0.1, -0.05) is 0 Å². The lowest BCUT2D eigenvalue weighted by molar-refractivity contribution is -0.134. The summed E-state index contributed by atoms with van der Waals surface area (Å²) >= 11 is 0. The smallest absolute Gasteiger partial charge is 0.334 e. The van der Waals surface area contributed by atoms with Crippen LogP contribution >= 0.6 is 0 Å². The van der Waals surface area contributed by atoms with Crippen molar-refractivity contribution in [1.29, 1.82) is 0 Å². The quantitative estimate of drug-likeness (QED) is 0.411. The summed E-state index contributed by atoms with van der Waals surface area (Å²) in [6.45, 7) is 0. The zero-order valence-electron chi connectivity index (χ0n) is 6.48. The van der Waals surface area contributed by atoms with Crippen LogP contribution in [0.3, 0.4) is 0 Å². The minimum Gasteiger partial charge on any atom is -0.504 e. The van der Waals surface area contributed by atoms with E-state index in [1.807, 2.05) is 0 Å². The van der Waals surface area contributed by atoms with E-state index in [9.17, 15) is 9.90 Å². The van der Waals surface area contributed by atoms with Crippen LogP contribution in [-0.2, 0) is 9.53 Å². The maximum atomic E-state index is 10.6. The fourth-order valence-electron chi connectivity index (χ4n) is 0.666. The van der Waals surface area contributed by atoms with Crippen LogP contribution in [-0.4, -0.2) is 18.2 Å². The summed E-state index contributed by atoms with van der Waals surface area (Å²) < 4.78 is 9.12. The fraction of sp³-hybridized carbons (Fsp3) is 0.125. The lowest BCUT2D eigenvalue weighted by Gasteiger charge is -1.93. The van der Waals surface area contributed by atoms with Crippen LogP contribution in [0.2, 0.25) is 0 Å². The first-order valence-corrected chi connectivity index (χ1v) is 3.26. The van der Waals surface area contributed by atoms with Gasteiger partial charge in [-0.15, -0.1) is 0 Å². The monoisotopic (exact) mass is 168 g/mol. The minimum absolute atomic E-state index is 0.236. The van der Waals surface area contributed by atoms with Gasteiger partial charge in [0.2, 0.25) is 0 Å². The first kappa shape index (κ1) is 8.39. The molecule has 1 N–H and O–H groups in total. The highest BCUT2D eigenvalue weighted by molar-refractivity contribution is 5.88. The lowest BCUT2D eigenvalue weighted by atomic mass is 10.3. The van der Waals surface area contributed by atoms with E-state index in [0.717, 1.165) is 6.08 Å². The summed E-state index contributed by atoms with van der Waals surface area (Å²) in [5, 5.41) is 9.18. The molecule has 0 aromatic carbocycles. The van der Waals surface area contributed by atoms with E-state index in [4.69, 9.17) is 4.42 Å². The second kappa shape index (κ2) is 3.61. The van der Waals surface area contributed by atoms with Crippen molar-refractivity contribution in [3.05, 3.63) is 30.2 Å². The molecule has 0 unspecified atom stereocenters. The van der Waals surface area contributed by atoms with Gasteiger partial charge in [-0.05, 0) is 12.1 Å². The third-order valence-electron chi connectivity index (χ3n) is 1.23. The molecule has 12 heavy (non-hydrogen) atoms. The highest BCUT2D eigenvalue weighted by Crippen LogP contribution is 2.10. The maximum absolute atomic E-state index is 10.6. The number of furan rings is 1. The number of hydrogen-bond donors (Lipinski definition) is 1. The first-order chi connectivity index (χ1) is 5.74.